The Kier molecular flexibility index (Phi) is 6.19. The molecule has 9 nitrogen and oxygen atoms in total. The highest BCUT2D eigenvalue weighted by Gasteiger charge is 2.25. The molecule has 1 aromatic heterocycles. The van der Waals surface area contributed by atoms with Gasteiger partial charge in [0.15, 0.2) is 5.58 Å². The van der Waals surface area contributed by atoms with Crippen molar-refractivity contribution in [3.8, 4) is 0 Å². The molecule has 162 valence electrons. The number of ether oxygens (including phenoxy) is 1. The molecule has 1 unspecified atom stereocenters. The average molecular weight is 490 g/mol. The number of aryl methyl sites for hydroxylation is 1. The van der Waals surface area contributed by atoms with Gasteiger partial charge in [0.2, 0.25) is 5.91 Å². The van der Waals surface area contributed by atoms with Gasteiger partial charge in [0.05, 0.1) is 29.7 Å². The van der Waals surface area contributed by atoms with Gasteiger partial charge in [-0.2, -0.15) is 0 Å². The van der Waals surface area contributed by atoms with Crippen LogP contribution in [0.4, 0.5) is 5.69 Å². The molecular formula is C21H20BrN3O6. The SMILES string of the molecule is O=C(CCCn1c(=O)oc2cc([N+](=O)[O-])ccc21)N1CCOC(c2ccc(Br)cc2)C1. The summed E-state index contributed by atoms with van der Waals surface area (Å²) in [5, 5.41) is 10.9. The van der Waals surface area contributed by atoms with Crippen LogP contribution in [-0.4, -0.2) is 40.0 Å². The number of carbonyl (C=O) groups is 1. The number of nitro benzene ring substituents is 1. The lowest BCUT2D eigenvalue weighted by atomic mass is 10.1. The fourth-order valence-electron chi connectivity index (χ4n) is 3.68. The number of benzene rings is 2. The number of aromatic nitrogens is 1. The van der Waals surface area contributed by atoms with Crippen LogP contribution in [0.15, 0.2) is 56.1 Å². The lowest BCUT2D eigenvalue weighted by molar-refractivity contribution is -0.384. The average Bonchev–Trinajstić information content (AvgIpc) is 3.08. The van der Waals surface area contributed by atoms with Crippen LogP contribution in [0.2, 0.25) is 0 Å². The molecule has 31 heavy (non-hydrogen) atoms. The number of halogens is 1. The van der Waals surface area contributed by atoms with E-state index in [1.165, 1.54) is 22.8 Å². The van der Waals surface area contributed by atoms with Crippen LogP contribution in [0.25, 0.3) is 11.1 Å². The summed E-state index contributed by atoms with van der Waals surface area (Å²) in [4.78, 5) is 37.0. The predicted octanol–water partition coefficient (Wildman–Crippen LogP) is 3.65. The quantitative estimate of drug-likeness (QED) is 0.386. The third kappa shape index (κ3) is 4.70. The first-order chi connectivity index (χ1) is 14.9. The van der Waals surface area contributed by atoms with Crippen molar-refractivity contribution in [2.45, 2.75) is 25.5 Å². The number of fused-ring (bicyclic) bond motifs is 1. The Morgan fingerprint density at radius 3 is 2.74 bits per heavy atom. The molecule has 3 aromatic rings. The molecule has 1 aliphatic rings. The van der Waals surface area contributed by atoms with E-state index in [4.69, 9.17) is 9.15 Å². The van der Waals surface area contributed by atoms with E-state index in [0.29, 0.717) is 31.6 Å². The zero-order valence-corrected chi connectivity index (χ0v) is 18.1. The maximum absolute atomic E-state index is 12.7. The minimum atomic E-state index is -0.593. The van der Waals surface area contributed by atoms with Crippen molar-refractivity contribution < 1.29 is 18.9 Å². The Bertz CT molecular complexity index is 1170. The molecular weight excluding hydrogens is 470 g/mol. The van der Waals surface area contributed by atoms with Gasteiger partial charge in [0.1, 0.15) is 6.10 Å². The molecule has 0 radical (unpaired) electrons. The Hall–Kier alpha value is -2.98. The van der Waals surface area contributed by atoms with Crippen LogP contribution in [-0.2, 0) is 16.1 Å². The maximum Gasteiger partial charge on any atom is 0.419 e. The van der Waals surface area contributed by atoms with Crippen molar-refractivity contribution in [3.05, 3.63) is 73.2 Å². The van der Waals surface area contributed by atoms with Gasteiger partial charge in [0, 0.05) is 30.0 Å². The Balaban J connectivity index is 1.37. The molecule has 0 saturated carbocycles. The molecule has 0 bridgehead atoms. The monoisotopic (exact) mass is 489 g/mol. The lowest BCUT2D eigenvalue weighted by Crippen LogP contribution is -2.42. The van der Waals surface area contributed by atoms with Crippen LogP contribution in [0.5, 0.6) is 0 Å². The molecule has 10 heteroatoms. The van der Waals surface area contributed by atoms with Crippen molar-refractivity contribution in [1.29, 1.82) is 0 Å². The molecule has 0 spiro atoms. The number of morpholine rings is 1. The first kappa shape index (κ1) is 21.3. The molecule has 1 saturated heterocycles. The summed E-state index contributed by atoms with van der Waals surface area (Å²) in [7, 11) is 0. The number of non-ortho nitro benzene ring substituents is 1. The van der Waals surface area contributed by atoms with Crippen molar-refractivity contribution >= 4 is 38.6 Å². The fraction of sp³-hybridized carbons (Fsp3) is 0.333. The third-order valence-electron chi connectivity index (χ3n) is 5.30. The number of nitrogens with zero attached hydrogens (tertiary/aromatic N) is 3. The van der Waals surface area contributed by atoms with Gasteiger partial charge in [-0.3, -0.25) is 19.5 Å². The highest BCUT2D eigenvalue weighted by Crippen LogP contribution is 2.25. The van der Waals surface area contributed by atoms with Crippen LogP contribution in [0, 0.1) is 10.1 Å². The highest BCUT2D eigenvalue weighted by atomic mass is 79.9. The minimum absolute atomic E-state index is 0.00176. The highest BCUT2D eigenvalue weighted by molar-refractivity contribution is 9.10. The number of carbonyl (C=O) groups excluding carboxylic acids is 1. The summed E-state index contributed by atoms with van der Waals surface area (Å²) < 4.78 is 13.3. The standard InChI is InChI=1S/C21H20BrN3O6/c22-15-5-3-14(4-6-15)19-13-23(10-11-30-19)20(26)2-1-9-24-17-8-7-16(25(28)29)12-18(17)31-21(24)27/h3-8,12,19H,1-2,9-11,13H2. The predicted molar refractivity (Wildman–Crippen MR) is 116 cm³/mol. The summed E-state index contributed by atoms with van der Waals surface area (Å²) in [6.07, 6.45) is 0.561. The van der Waals surface area contributed by atoms with E-state index in [1.807, 2.05) is 24.3 Å². The molecule has 1 aliphatic heterocycles. The van der Waals surface area contributed by atoms with E-state index in [2.05, 4.69) is 15.9 Å². The van der Waals surface area contributed by atoms with Crippen LogP contribution >= 0.6 is 15.9 Å². The minimum Gasteiger partial charge on any atom is -0.407 e. The normalized spacial score (nSPS) is 16.5. The van der Waals surface area contributed by atoms with Crippen LogP contribution in [0.1, 0.15) is 24.5 Å². The van der Waals surface area contributed by atoms with Gasteiger partial charge < -0.3 is 14.1 Å². The number of hydrogen-bond donors (Lipinski definition) is 0. The topological polar surface area (TPSA) is 108 Å². The largest absolute Gasteiger partial charge is 0.419 e. The van der Waals surface area contributed by atoms with E-state index < -0.39 is 10.7 Å². The second kappa shape index (κ2) is 9.03. The molecule has 1 atom stereocenters. The van der Waals surface area contributed by atoms with Crippen molar-refractivity contribution in [1.82, 2.24) is 9.47 Å². The first-order valence-electron chi connectivity index (χ1n) is 9.85. The zero-order valence-electron chi connectivity index (χ0n) is 16.5. The Labute approximate surface area is 185 Å². The number of amides is 1. The van der Waals surface area contributed by atoms with Gasteiger partial charge in [-0.1, -0.05) is 28.1 Å². The molecule has 0 aliphatic carbocycles. The second-order valence-electron chi connectivity index (χ2n) is 7.28. The number of hydrogen-bond acceptors (Lipinski definition) is 6. The Morgan fingerprint density at radius 2 is 2.00 bits per heavy atom. The van der Waals surface area contributed by atoms with E-state index in [9.17, 15) is 19.7 Å². The van der Waals surface area contributed by atoms with Crippen molar-refractivity contribution in [3.63, 3.8) is 0 Å². The molecule has 1 fully saturated rings. The second-order valence-corrected chi connectivity index (χ2v) is 8.20. The summed E-state index contributed by atoms with van der Waals surface area (Å²) in [6, 6.07) is 11.9. The van der Waals surface area contributed by atoms with E-state index >= 15 is 0 Å². The lowest BCUT2D eigenvalue weighted by Gasteiger charge is -2.33. The summed E-state index contributed by atoms with van der Waals surface area (Å²) in [5.41, 5.74) is 1.52. The number of nitro groups is 1. The molecule has 2 aromatic carbocycles. The third-order valence-corrected chi connectivity index (χ3v) is 5.82. The number of oxazole rings is 1. The van der Waals surface area contributed by atoms with Gasteiger partial charge in [-0.05, 0) is 30.2 Å². The maximum atomic E-state index is 12.7. The molecule has 2 heterocycles. The van der Waals surface area contributed by atoms with E-state index in [-0.39, 0.29) is 36.2 Å². The zero-order chi connectivity index (χ0) is 22.0. The van der Waals surface area contributed by atoms with Gasteiger partial charge in [-0.25, -0.2) is 4.79 Å². The summed E-state index contributed by atoms with van der Waals surface area (Å²) >= 11 is 3.41. The summed E-state index contributed by atoms with van der Waals surface area (Å²) in [5.74, 6) is -0.591. The number of rotatable bonds is 6. The molecule has 0 N–H and O–H groups in total. The van der Waals surface area contributed by atoms with Crippen LogP contribution in [0.3, 0.4) is 0 Å². The van der Waals surface area contributed by atoms with Crippen LogP contribution < -0.4 is 5.76 Å². The van der Waals surface area contributed by atoms with Crippen molar-refractivity contribution in [2.24, 2.45) is 0 Å². The van der Waals surface area contributed by atoms with E-state index in [0.717, 1.165) is 10.0 Å². The van der Waals surface area contributed by atoms with Gasteiger partial charge >= 0.3 is 5.76 Å². The molecule has 1 amide bonds. The Morgan fingerprint density at radius 1 is 1.23 bits per heavy atom. The summed E-state index contributed by atoms with van der Waals surface area (Å²) in [6.45, 7) is 1.77. The van der Waals surface area contributed by atoms with E-state index in [1.54, 1.807) is 4.90 Å². The first-order valence-corrected chi connectivity index (χ1v) is 10.6. The fourth-order valence-corrected chi connectivity index (χ4v) is 3.95. The molecule has 4 rings (SSSR count). The van der Waals surface area contributed by atoms with Gasteiger partial charge in [-0.15, -0.1) is 0 Å². The smallest absolute Gasteiger partial charge is 0.407 e. The van der Waals surface area contributed by atoms with Gasteiger partial charge in [0.25, 0.3) is 5.69 Å². The van der Waals surface area contributed by atoms with Crippen molar-refractivity contribution in [2.75, 3.05) is 19.7 Å².